The van der Waals surface area contributed by atoms with Crippen LogP contribution in [0.4, 0.5) is 0 Å². The fourth-order valence-corrected chi connectivity index (χ4v) is 2.09. The molecule has 1 N–H and O–H groups in total. The molecule has 1 heterocycles. The summed E-state index contributed by atoms with van der Waals surface area (Å²) in [5, 5.41) is 2.92. The average molecular weight is 235 g/mol. The summed E-state index contributed by atoms with van der Waals surface area (Å²) in [6.07, 6.45) is 9.62. The molecule has 1 amide bonds. The van der Waals surface area contributed by atoms with Gasteiger partial charge in [0, 0.05) is 6.54 Å². The molecule has 4 nitrogen and oxygen atoms in total. The zero-order valence-corrected chi connectivity index (χ0v) is 9.67. The maximum absolute atomic E-state index is 11.8. The lowest BCUT2D eigenvalue weighted by atomic mass is 10.1. The Morgan fingerprint density at radius 1 is 1.24 bits per heavy atom. The van der Waals surface area contributed by atoms with Gasteiger partial charge in [0.25, 0.3) is 5.91 Å². The van der Waals surface area contributed by atoms with E-state index in [1.165, 1.54) is 12.8 Å². The molecule has 2 aliphatic carbocycles. The normalized spacial score (nSPS) is 35.4. The van der Waals surface area contributed by atoms with E-state index in [0.717, 1.165) is 6.54 Å². The topological polar surface area (TPSA) is 47.6 Å². The molecule has 0 aromatic carbocycles. The van der Waals surface area contributed by atoms with Crippen LogP contribution in [0.3, 0.4) is 0 Å². The van der Waals surface area contributed by atoms with Crippen LogP contribution in [0.1, 0.15) is 12.8 Å². The maximum Gasteiger partial charge on any atom is 0.251 e. The van der Waals surface area contributed by atoms with Crippen LogP contribution >= 0.6 is 0 Å². The van der Waals surface area contributed by atoms with Crippen LogP contribution in [0.5, 0.6) is 0 Å². The number of fused-ring (bicyclic) bond motifs is 1. The van der Waals surface area contributed by atoms with Gasteiger partial charge in [-0.25, -0.2) is 0 Å². The third-order valence-electron chi connectivity index (χ3n) is 3.35. The molecule has 92 valence electrons. The smallest absolute Gasteiger partial charge is 0.251 e. The van der Waals surface area contributed by atoms with E-state index in [1.807, 2.05) is 24.3 Å². The molecule has 1 aliphatic heterocycles. The number of carbonyl (C=O) groups is 1. The van der Waals surface area contributed by atoms with Crippen molar-refractivity contribution in [3.05, 3.63) is 24.3 Å². The van der Waals surface area contributed by atoms with Crippen molar-refractivity contribution in [1.29, 1.82) is 0 Å². The highest BCUT2D eigenvalue weighted by molar-refractivity contribution is 5.81. The summed E-state index contributed by atoms with van der Waals surface area (Å²) in [6.45, 7) is 1.12. The van der Waals surface area contributed by atoms with Crippen molar-refractivity contribution in [2.45, 2.75) is 31.2 Å². The lowest BCUT2D eigenvalue weighted by Crippen LogP contribution is -2.49. The van der Waals surface area contributed by atoms with E-state index < -0.39 is 6.10 Å². The second kappa shape index (κ2) is 4.63. The molecule has 3 atom stereocenters. The van der Waals surface area contributed by atoms with Gasteiger partial charge < -0.3 is 14.8 Å². The van der Waals surface area contributed by atoms with Gasteiger partial charge in [-0.05, 0) is 18.8 Å². The first-order chi connectivity index (χ1) is 8.33. The minimum Gasteiger partial charge on any atom is -0.368 e. The van der Waals surface area contributed by atoms with Gasteiger partial charge in [-0.15, -0.1) is 0 Å². The Balaban J connectivity index is 1.52. The van der Waals surface area contributed by atoms with E-state index in [0.29, 0.717) is 12.5 Å². The van der Waals surface area contributed by atoms with Gasteiger partial charge in [-0.1, -0.05) is 24.3 Å². The minimum atomic E-state index is -0.467. The quantitative estimate of drug-likeness (QED) is 0.786. The highest BCUT2D eigenvalue weighted by Gasteiger charge is 2.34. The van der Waals surface area contributed by atoms with E-state index in [9.17, 15) is 4.79 Å². The highest BCUT2D eigenvalue weighted by Crippen LogP contribution is 2.27. The van der Waals surface area contributed by atoms with Crippen LogP contribution in [0, 0.1) is 5.92 Å². The predicted molar refractivity (Wildman–Crippen MR) is 62.4 cm³/mol. The zero-order valence-electron chi connectivity index (χ0n) is 9.67. The van der Waals surface area contributed by atoms with E-state index in [2.05, 4.69) is 5.32 Å². The first-order valence-corrected chi connectivity index (χ1v) is 6.23. The van der Waals surface area contributed by atoms with E-state index >= 15 is 0 Å². The molecule has 0 radical (unpaired) electrons. The summed E-state index contributed by atoms with van der Waals surface area (Å²) >= 11 is 0. The van der Waals surface area contributed by atoms with Gasteiger partial charge >= 0.3 is 0 Å². The molecule has 0 spiro atoms. The Morgan fingerprint density at radius 2 is 2.00 bits per heavy atom. The number of amides is 1. The Bertz CT molecular complexity index is 360. The van der Waals surface area contributed by atoms with Crippen molar-refractivity contribution in [2.75, 3.05) is 13.2 Å². The summed E-state index contributed by atoms with van der Waals surface area (Å²) in [4.78, 5) is 11.8. The first kappa shape index (κ1) is 11.0. The maximum atomic E-state index is 11.8. The second-order valence-corrected chi connectivity index (χ2v) is 4.85. The highest BCUT2D eigenvalue weighted by atomic mass is 16.6. The molecular formula is C13H17NO3. The molecule has 1 saturated carbocycles. The predicted octanol–water partition coefficient (Wildman–Crippen LogP) is 0.791. The third-order valence-corrected chi connectivity index (χ3v) is 3.35. The van der Waals surface area contributed by atoms with Crippen LogP contribution < -0.4 is 5.32 Å². The molecule has 0 aromatic rings. The van der Waals surface area contributed by atoms with Gasteiger partial charge in [0.2, 0.25) is 0 Å². The van der Waals surface area contributed by atoms with Gasteiger partial charge in [0.15, 0.2) is 6.10 Å². The standard InChI is InChI=1S/C13H17NO3/c15-13(14-7-9-5-6-9)12-8-16-10-3-1-2-4-11(10)17-12/h1-4,9-12H,5-8H2,(H,14,15). The second-order valence-electron chi connectivity index (χ2n) is 4.85. The monoisotopic (exact) mass is 235 g/mol. The Kier molecular flexibility index (Phi) is 2.99. The fourth-order valence-electron chi connectivity index (χ4n) is 2.09. The molecule has 3 unspecified atom stereocenters. The number of carbonyl (C=O) groups excluding carboxylic acids is 1. The number of rotatable bonds is 3. The van der Waals surface area contributed by atoms with Crippen LogP contribution in [0.2, 0.25) is 0 Å². The molecule has 3 aliphatic rings. The molecule has 0 aromatic heterocycles. The molecule has 4 heteroatoms. The summed E-state index contributed by atoms with van der Waals surface area (Å²) in [5.41, 5.74) is 0. The van der Waals surface area contributed by atoms with Crippen molar-refractivity contribution < 1.29 is 14.3 Å². The van der Waals surface area contributed by atoms with E-state index in [1.54, 1.807) is 0 Å². The molecule has 1 saturated heterocycles. The Hall–Kier alpha value is -1.13. The van der Waals surface area contributed by atoms with Crippen molar-refractivity contribution in [2.24, 2.45) is 5.92 Å². The number of allylic oxidation sites excluding steroid dienone is 2. The third kappa shape index (κ3) is 2.58. The van der Waals surface area contributed by atoms with Crippen molar-refractivity contribution in [3.63, 3.8) is 0 Å². The molecular weight excluding hydrogens is 218 g/mol. The summed E-state index contributed by atoms with van der Waals surface area (Å²) in [6, 6.07) is 0. The lowest BCUT2D eigenvalue weighted by Gasteiger charge is -2.34. The lowest BCUT2D eigenvalue weighted by molar-refractivity contribution is -0.168. The number of ether oxygens (including phenoxy) is 2. The minimum absolute atomic E-state index is 0.0347. The number of hydrogen-bond acceptors (Lipinski definition) is 3. The molecule has 2 fully saturated rings. The van der Waals surface area contributed by atoms with Crippen LogP contribution in [-0.4, -0.2) is 37.4 Å². The largest absolute Gasteiger partial charge is 0.368 e. The van der Waals surface area contributed by atoms with Crippen LogP contribution in [0.25, 0.3) is 0 Å². The van der Waals surface area contributed by atoms with Crippen LogP contribution in [-0.2, 0) is 14.3 Å². The van der Waals surface area contributed by atoms with Crippen molar-refractivity contribution >= 4 is 5.91 Å². The average Bonchev–Trinajstić information content (AvgIpc) is 3.19. The van der Waals surface area contributed by atoms with Gasteiger partial charge in [-0.2, -0.15) is 0 Å². The van der Waals surface area contributed by atoms with E-state index in [-0.39, 0.29) is 18.1 Å². The zero-order chi connectivity index (χ0) is 11.7. The van der Waals surface area contributed by atoms with Gasteiger partial charge in [0.1, 0.15) is 12.2 Å². The number of hydrogen-bond donors (Lipinski definition) is 1. The SMILES string of the molecule is O=C(NCC1CC1)C1COC2C=CC=CC2O1. The molecule has 0 bridgehead atoms. The molecule has 3 rings (SSSR count). The van der Waals surface area contributed by atoms with Crippen LogP contribution in [0.15, 0.2) is 24.3 Å². The summed E-state index contributed by atoms with van der Waals surface area (Å²) in [7, 11) is 0. The Labute approximate surface area is 101 Å². The summed E-state index contributed by atoms with van der Waals surface area (Å²) < 4.78 is 11.3. The van der Waals surface area contributed by atoms with Crippen molar-refractivity contribution in [3.8, 4) is 0 Å². The molecule has 17 heavy (non-hydrogen) atoms. The van der Waals surface area contributed by atoms with Gasteiger partial charge in [-0.3, -0.25) is 4.79 Å². The number of nitrogens with one attached hydrogen (secondary N) is 1. The summed E-state index contributed by atoms with van der Waals surface area (Å²) in [5.74, 6) is 0.645. The van der Waals surface area contributed by atoms with E-state index in [4.69, 9.17) is 9.47 Å². The first-order valence-electron chi connectivity index (χ1n) is 6.23. The fraction of sp³-hybridized carbons (Fsp3) is 0.615. The Morgan fingerprint density at radius 3 is 2.76 bits per heavy atom. The van der Waals surface area contributed by atoms with Crippen molar-refractivity contribution in [1.82, 2.24) is 5.32 Å². The van der Waals surface area contributed by atoms with Gasteiger partial charge in [0.05, 0.1) is 6.61 Å².